The van der Waals surface area contributed by atoms with Crippen LogP contribution in [0.2, 0.25) is 0 Å². The summed E-state index contributed by atoms with van der Waals surface area (Å²) in [6.45, 7) is 5.11. The molecular weight excluding hydrogens is 218 g/mol. The van der Waals surface area contributed by atoms with Gasteiger partial charge >= 0.3 is 0 Å². The summed E-state index contributed by atoms with van der Waals surface area (Å²) in [4.78, 5) is 12.8. The maximum absolute atomic E-state index is 5.80. The third-order valence-electron chi connectivity index (χ3n) is 3.12. The number of ether oxygens (including phenoxy) is 1. The Balaban J connectivity index is 2.30. The first-order valence-electron chi connectivity index (χ1n) is 5.73. The van der Waals surface area contributed by atoms with Crippen LogP contribution in [0, 0.1) is 0 Å². The van der Waals surface area contributed by atoms with E-state index in [4.69, 9.17) is 10.5 Å². The van der Waals surface area contributed by atoms with Gasteiger partial charge in [-0.3, -0.25) is 0 Å². The molecule has 1 aromatic rings. The lowest BCUT2D eigenvalue weighted by atomic mass is 10.2. The number of piperazine rings is 1. The Morgan fingerprint density at radius 3 is 2.82 bits per heavy atom. The molecule has 17 heavy (non-hydrogen) atoms. The summed E-state index contributed by atoms with van der Waals surface area (Å²) in [5.74, 6) is 1.76. The molecule has 0 spiro atoms. The average molecular weight is 237 g/mol. The Hall–Kier alpha value is -1.56. The van der Waals surface area contributed by atoms with E-state index in [0.717, 1.165) is 25.5 Å². The van der Waals surface area contributed by atoms with E-state index < -0.39 is 0 Å². The van der Waals surface area contributed by atoms with Gasteiger partial charge in [0.1, 0.15) is 6.33 Å². The lowest BCUT2D eigenvalue weighted by molar-refractivity contribution is 0.273. The van der Waals surface area contributed by atoms with Crippen molar-refractivity contribution in [3.8, 4) is 5.75 Å². The number of hydrogen-bond acceptors (Lipinski definition) is 6. The maximum Gasteiger partial charge on any atom is 0.204 e. The van der Waals surface area contributed by atoms with Crippen LogP contribution < -0.4 is 15.4 Å². The van der Waals surface area contributed by atoms with Crippen LogP contribution >= 0.6 is 0 Å². The molecule has 0 saturated carbocycles. The zero-order valence-electron chi connectivity index (χ0n) is 10.6. The summed E-state index contributed by atoms with van der Waals surface area (Å²) >= 11 is 0. The molecular formula is C11H19N5O. The quantitative estimate of drug-likeness (QED) is 0.793. The van der Waals surface area contributed by atoms with Gasteiger partial charge in [-0.05, 0) is 14.0 Å². The molecule has 6 nitrogen and oxygen atoms in total. The largest absolute Gasteiger partial charge is 0.490 e. The van der Waals surface area contributed by atoms with Crippen molar-refractivity contribution in [2.75, 3.05) is 44.4 Å². The van der Waals surface area contributed by atoms with Crippen molar-refractivity contribution in [2.24, 2.45) is 0 Å². The zero-order chi connectivity index (χ0) is 12.4. The number of hydrogen-bond donors (Lipinski definition) is 1. The highest BCUT2D eigenvalue weighted by molar-refractivity contribution is 5.63. The molecule has 0 radical (unpaired) electrons. The normalized spacial score (nSPS) is 21.6. The van der Waals surface area contributed by atoms with Crippen molar-refractivity contribution in [3.63, 3.8) is 0 Å². The molecule has 1 atom stereocenters. The second kappa shape index (κ2) is 4.75. The van der Waals surface area contributed by atoms with Crippen LogP contribution in [0.15, 0.2) is 6.33 Å². The van der Waals surface area contributed by atoms with E-state index in [1.165, 1.54) is 6.33 Å². The number of nitrogen functional groups attached to an aromatic ring is 1. The van der Waals surface area contributed by atoms with E-state index in [9.17, 15) is 0 Å². The van der Waals surface area contributed by atoms with Gasteiger partial charge in [-0.25, -0.2) is 9.97 Å². The van der Waals surface area contributed by atoms with Crippen LogP contribution in [0.25, 0.3) is 0 Å². The third-order valence-corrected chi connectivity index (χ3v) is 3.12. The molecule has 1 fully saturated rings. The molecule has 0 aliphatic carbocycles. The van der Waals surface area contributed by atoms with Crippen molar-refractivity contribution in [3.05, 3.63) is 6.33 Å². The summed E-state index contributed by atoms with van der Waals surface area (Å²) in [5, 5.41) is 0. The Morgan fingerprint density at radius 1 is 1.41 bits per heavy atom. The first-order valence-corrected chi connectivity index (χ1v) is 5.73. The number of likely N-dealkylation sites (N-methyl/N-ethyl adjacent to an activating group) is 1. The number of nitrogens with zero attached hydrogens (tertiary/aromatic N) is 4. The molecule has 1 aliphatic rings. The molecule has 6 heteroatoms. The lowest BCUT2D eigenvalue weighted by Crippen LogP contribution is -2.51. The van der Waals surface area contributed by atoms with E-state index >= 15 is 0 Å². The minimum atomic E-state index is 0.386. The maximum atomic E-state index is 5.80. The molecule has 1 aliphatic heterocycles. The van der Waals surface area contributed by atoms with Gasteiger partial charge in [0.05, 0.1) is 7.11 Å². The van der Waals surface area contributed by atoms with Crippen LogP contribution in [0.1, 0.15) is 6.92 Å². The summed E-state index contributed by atoms with van der Waals surface area (Å²) in [6, 6.07) is 0.386. The predicted octanol–water partition coefficient (Wildman–Crippen LogP) is 0.208. The Kier molecular flexibility index (Phi) is 3.33. The second-order valence-corrected chi connectivity index (χ2v) is 4.42. The fraction of sp³-hybridized carbons (Fsp3) is 0.636. The Labute approximate surface area is 101 Å². The molecule has 0 aromatic carbocycles. The fourth-order valence-corrected chi connectivity index (χ4v) is 2.23. The number of rotatable bonds is 2. The molecule has 94 valence electrons. The highest BCUT2D eigenvalue weighted by Crippen LogP contribution is 2.31. The van der Waals surface area contributed by atoms with Crippen molar-refractivity contribution in [1.82, 2.24) is 14.9 Å². The number of anilines is 2. The number of aromatic nitrogens is 2. The molecule has 1 saturated heterocycles. The molecule has 0 amide bonds. The van der Waals surface area contributed by atoms with E-state index in [0.29, 0.717) is 17.6 Å². The summed E-state index contributed by atoms with van der Waals surface area (Å²) in [6.07, 6.45) is 1.48. The van der Waals surface area contributed by atoms with Gasteiger partial charge in [0.2, 0.25) is 5.75 Å². The first-order chi connectivity index (χ1) is 8.13. The standard InChI is InChI=1S/C11H19N5O/c1-8-6-15(2)4-5-16(8)11-9(17-3)10(12)13-7-14-11/h7-8H,4-6H2,1-3H3,(H2,12,13,14). The Morgan fingerprint density at radius 2 is 2.18 bits per heavy atom. The average Bonchev–Trinajstić information content (AvgIpc) is 2.29. The van der Waals surface area contributed by atoms with E-state index in [-0.39, 0.29) is 0 Å². The SMILES string of the molecule is COc1c(N)ncnc1N1CCN(C)CC1C. The summed E-state index contributed by atoms with van der Waals surface area (Å²) in [7, 11) is 3.72. The third kappa shape index (κ3) is 2.26. The van der Waals surface area contributed by atoms with Crippen LogP contribution in [0.3, 0.4) is 0 Å². The monoisotopic (exact) mass is 237 g/mol. The van der Waals surface area contributed by atoms with Gasteiger partial charge in [0.15, 0.2) is 11.6 Å². The molecule has 0 bridgehead atoms. The Bertz CT molecular complexity index is 397. The van der Waals surface area contributed by atoms with Gasteiger partial charge in [-0.15, -0.1) is 0 Å². The molecule has 2 N–H and O–H groups in total. The highest BCUT2D eigenvalue weighted by Gasteiger charge is 2.26. The van der Waals surface area contributed by atoms with Crippen molar-refractivity contribution in [1.29, 1.82) is 0 Å². The van der Waals surface area contributed by atoms with Crippen LogP contribution in [0.4, 0.5) is 11.6 Å². The smallest absolute Gasteiger partial charge is 0.204 e. The minimum Gasteiger partial charge on any atom is -0.490 e. The summed E-state index contributed by atoms with van der Waals surface area (Å²) < 4.78 is 5.30. The van der Waals surface area contributed by atoms with Crippen molar-refractivity contribution >= 4 is 11.6 Å². The van der Waals surface area contributed by atoms with E-state index in [2.05, 4.69) is 33.7 Å². The van der Waals surface area contributed by atoms with Crippen molar-refractivity contribution < 1.29 is 4.74 Å². The molecule has 1 unspecified atom stereocenters. The molecule has 1 aromatic heterocycles. The van der Waals surface area contributed by atoms with Crippen molar-refractivity contribution in [2.45, 2.75) is 13.0 Å². The zero-order valence-corrected chi connectivity index (χ0v) is 10.6. The van der Waals surface area contributed by atoms with Gasteiger partial charge in [-0.1, -0.05) is 0 Å². The minimum absolute atomic E-state index is 0.386. The van der Waals surface area contributed by atoms with Gasteiger partial charge < -0.3 is 20.3 Å². The topological polar surface area (TPSA) is 67.5 Å². The van der Waals surface area contributed by atoms with E-state index in [1.807, 2.05) is 0 Å². The fourth-order valence-electron chi connectivity index (χ4n) is 2.23. The highest BCUT2D eigenvalue weighted by atomic mass is 16.5. The number of methoxy groups -OCH3 is 1. The molecule has 2 rings (SSSR count). The second-order valence-electron chi connectivity index (χ2n) is 4.42. The van der Waals surface area contributed by atoms with Gasteiger partial charge in [0.25, 0.3) is 0 Å². The van der Waals surface area contributed by atoms with Gasteiger partial charge in [-0.2, -0.15) is 0 Å². The summed E-state index contributed by atoms with van der Waals surface area (Å²) in [5.41, 5.74) is 5.80. The number of nitrogens with two attached hydrogens (primary N) is 1. The first kappa shape index (κ1) is 11.9. The van der Waals surface area contributed by atoms with Crippen LogP contribution in [-0.2, 0) is 0 Å². The van der Waals surface area contributed by atoms with Crippen LogP contribution in [-0.4, -0.2) is 54.7 Å². The predicted molar refractivity (Wildman–Crippen MR) is 67.3 cm³/mol. The lowest BCUT2D eigenvalue weighted by Gasteiger charge is -2.39. The molecule has 2 heterocycles. The van der Waals surface area contributed by atoms with E-state index in [1.54, 1.807) is 7.11 Å². The van der Waals surface area contributed by atoms with Gasteiger partial charge in [0, 0.05) is 25.7 Å². The van der Waals surface area contributed by atoms with Crippen LogP contribution in [0.5, 0.6) is 5.75 Å².